The molecule has 0 heterocycles. The molecule has 0 unspecified atom stereocenters. The van der Waals surface area contributed by atoms with Crippen LogP contribution in [0.15, 0.2) is 22.7 Å². The van der Waals surface area contributed by atoms with Crippen LogP contribution in [-0.2, 0) is 9.53 Å². The summed E-state index contributed by atoms with van der Waals surface area (Å²) in [5, 5.41) is 0. The third-order valence-corrected chi connectivity index (χ3v) is 2.47. The molecule has 0 aliphatic carbocycles. The van der Waals surface area contributed by atoms with Crippen LogP contribution in [0.1, 0.15) is 24.2 Å². The number of carbonyl (C=O) groups is 2. The molecule has 0 bridgehead atoms. The predicted molar refractivity (Wildman–Crippen MR) is 66.3 cm³/mol. The van der Waals surface area contributed by atoms with Crippen molar-refractivity contribution in [2.75, 3.05) is 13.2 Å². The summed E-state index contributed by atoms with van der Waals surface area (Å²) in [5.41, 5.74) is 0.442. The van der Waals surface area contributed by atoms with Crippen LogP contribution in [0.2, 0.25) is 0 Å². The van der Waals surface area contributed by atoms with E-state index in [4.69, 9.17) is 9.47 Å². The van der Waals surface area contributed by atoms with Crippen LogP contribution in [0.3, 0.4) is 0 Å². The lowest BCUT2D eigenvalue weighted by atomic mass is 10.1. The summed E-state index contributed by atoms with van der Waals surface area (Å²) in [5.74, 6) is -0.196. The van der Waals surface area contributed by atoms with Gasteiger partial charge in [-0.25, -0.2) is 4.79 Å². The molecule has 4 nitrogen and oxygen atoms in total. The molecule has 0 aliphatic heterocycles. The molecule has 0 fully saturated rings. The summed E-state index contributed by atoms with van der Waals surface area (Å²) in [7, 11) is 0. The maximum absolute atomic E-state index is 11.3. The van der Waals surface area contributed by atoms with E-state index in [2.05, 4.69) is 15.9 Å². The minimum atomic E-state index is -0.457. The molecule has 0 N–H and O–H groups in total. The first kappa shape index (κ1) is 13.7. The monoisotopic (exact) mass is 300 g/mol. The van der Waals surface area contributed by atoms with E-state index in [1.807, 2.05) is 0 Å². The first-order chi connectivity index (χ1) is 8.04. The Bertz CT molecular complexity index is 429. The van der Waals surface area contributed by atoms with Crippen LogP contribution in [-0.4, -0.2) is 25.0 Å². The molecule has 0 atom stereocenters. The number of hydrogen-bond acceptors (Lipinski definition) is 4. The molecule has 0 saturated carbocycles. The van der Waals surface area contributed by atoms with E-state index >= 15 is 0 Å². The number of Topliss-reactive ketones (excluding diaryl/α,β-unsaturated/α-hetero) is 1. The van der Waals surface area contributed by atoms with Crippen LogP contribution in [0.4, 0.5) is 0 Å². The first-order valence-electron chi connectivity index (χ1n) is 5.13. The first-order valence-corrected chi connectivity index (χ1v) is 5.92. The SMILES string of the molecule is CCOC(=O)COc1cc(Br)ccc1C(C)=O. The number of ether oxygens (including phenoxy) is 2. The van der Waals surface area contributed by atoms with E-state index < -0.39 is 5.97 Å². The van der Waals surface area contributed by atoms with Gasteiger partial charge >= 0.3 is 5.97 Å². The summed E-state index contributed by atoms with van der Waals surface area (Å²) < 4.78 is 10.8. The molecule has 5 heteroatoms. The molecule has 0 aromatic heterocycles. The summed E-state index contributed by atoms with van der Waals surface area (Å²) in [6, 6.07) is 5.04. The second-order valence-electron chi connectivity index (χ2n) is 3.29. The molecule has 0 spiro atoms. The number of carbonyl (C=O) groups excluding carboxylic acids is 2. The Morgan fingerprint density at radius 3 is 2.65 bits per heavy atom. The Hall–Kier alpha value is -1.36. The highest BCUT2D eigenvalue weighted by Crippen LogP contribution is 2.24. The highest BCUT2D eigenvalue weighted by molar-refractivity contribution is 9.10. The van der Waals surface area contributed by atoms with Gasteiger partial charge in [0.25, 0.3) is 0 Å². The van der Waals surface area contributed by atoms with E-state index in [9.17, 15) is 9.59 Å². The number of benzene rings is 1. The Kier molecular flexibility index (Phi) is 5.15. The average Bonchev–Trinajstić information content (AvgIpc) is 2.26. The molecule has 17 heavy (non-hydrogen) atoms. The standard InChI is InChI=1S/C12H13BrO4/c1-3-16-12(15)7-17-11-6-9(13)4-5-10(11)8(2)14/h4-6H,3,7H2,1-2H3. The average molecular weight is 301 g/mol. The van der Waals surface area contributed by atoms with Crippen LogP contribution in [0.25, 0.3) is 0 Å². The smallest absolute Gasteiger partial charge is 0.344 e. The van der Waals surface area contributed by atoms with Crippen LogP contribution >= 0.6 is 15.9 Å². The van der Waals surface area contributed by atoms with Crippen molar-refractivity contribution in [1.29, 1.82) is 0 Å². The number of hydrogen-bond donors (Lipinski definition) is 0. The topological polar surface area (TPSA) is 52.6 Å². The number of ketones is 1. The predicted octanol–water partition coefficient (Wildman–Crippen LogP) is 2.59. The quantitative estimate of drug-likeness (QED) is 0.619. The van der Waals surface area contributed by atoms with Gasteiger partial charge in [-0.1, -0.05) is 15.9 Å². The fourth-order valence-corrected chi connectivity index (χ4v) is 1.59. The second-order valence-corrected chi connectivity index (χ2v) is 4.21. The van der Waals surface area contributed by atoms with Crippen LogP contribution in [0, 0.1) is 0 Å². The lowest BCUT2D eigenvalue weighted by molar-refractivity contribution is -0.145. The van der Waals surface area contributed by atoms with Crippen molar-refractivity contribution < 1.29 is 19.1 Å². The molecule has 0 amide bonds. The fraction of sp³-hybridized carbons (Fsp3) is 0.333. The van der Waals surface area contributed by atoms with Crippen molar-refractivity contribution in [2.45, 2.75) is 13.8 Å². The van der Waals surface area contributed by atoms with Gasteiger partial charge in [-0.3, -0.25) is 4.79 Å². The third-order valence-electron chi connectivity index (χ3n) is 1.97. The highest BCUT2D eigenvalue weighted by Gasteiger charge is 2.11. The lowest BCUT2D eigenvalue weighted by Crippen LogP contribution is -2.15. The van der Waals surface area contributed by atoms with Gasteiger partial charge in [-0.05, 0) is 32.0 Å². The molecule has 1 aromatic rings. The van der Waals surface area contributed by atoms with E-state index in [-0.39, 0.29) is 12.4 Å². The van der Waals surface area contributed by atoms with E-state index in [0.29, 0.717) is 17.9 Å². The molecular formula is C12H13BrO4. The number of esters is 1. The number of halogens is 1. The Morgan fingerprint density at radius 1 is 1.35 bits per heavy atom. The van der Waals surface area contributed by atoms with E-state index in [1.54, 1.807) is 25.1 Å². The molecule has 0 saturated heterocycles. The molecule has 92 valence electrons. The molecule has 0 radical (unpaired) electrons. The van der Waals surface area contributed by atoms with Gasteiger partial charge in [0.15, 0.2) is 12.4 Å². The van der Waals surface area contributed by atoms with Crippen LogP contribution in [0.5, 0.6) is 5.75 Å². The minimum absolute atomic E-state index is 0.114. The van der Waals surface area contributed by atoms with Crippen LogP contribution < -0.4 is 4.74 Å². The van der Waals surface area contributed by atoms with Gasteiger partial charge in [0.1, 0.15) is 5.75 Å². The van der Waals surface area contributed by atoms with Crippen molar-refractivity contribution in [1.82, 2.24) is 0 Å². The number of rotatable bonds is 5. The van der Waals surface area contributed by atoms with Gasteiger partial charge in [-0.2, -0.15) is 0 Å². The van der Waals surface area contributed by atoms with Gasteiger partial charge < -0.3 is 9.47 Å². The largest absolute Gasteiger partial charge is 0.481 e. The zero-order valence-electron chi connectivity index (χ0n) is 9.66. The maximum Gasteiger partial charge on any atom is 0.344 e. The zero-order valence-corrected chi connectivity index (χ0v) is 11.2. The van der Waals surface area contributed by atoms with Gasteiger partial charge in [-0.15, -0.1) is 0 Å². The molecule has 1 aromatic carbocycles. The van der Waals surface area contributed by atoms with Crippen molar-refractivity contribution in [3.05, 3.63) is 28.2 Å². The van der Waals surface area contributed by atoms with Crippen molar-refractivity contribution in [2.24, 2.45) is 0 Å². The van der Waals surface area contributed by atoms with Crippen molar-refractivity contribution in [3.8, 4) is 5.75 Å². The van der Waals surface area contributed by atoms with Gasteiger partial charge in [0.2, 0.25) is 0 Å². The maximum atomic E-state index is 11.3. The lowest BCUT2D eigenvalue weighted by Gasteiger charge is -2.09. The summed E-state index contributed by atoms with van der Waals surface area (Å²) >= 11 is 3.28. The van der Waals surface area contributed by atoms with Gasteiger partial charge in [0.05, 0.1) is 12.2 Å². The summed E-state index contributed by atoms with van der Waals surface area (Å²) in [4.78, 5) is 22.5. The Morgan fingerprint density at radius 2 is 2.06 bits per heavy atom. The normalized spacial score (nSPS) is 9.82. The Balaban J connectivity index is 2.78. The summed E-state index contributed by atoms with van der Waals surface area (Å²) in [6.07, 6.45) is 0. The van der Waals surface area contributed by atoms with E-state index in [0.717, 1.165) is 4.47 Å². The molecular weight excluding hydrogens is 288 g/mol. The second kappa shape index (κ2) is 6.39. The van der Waals surface area contributed by atoms with E-state index in [1.165, 1.54) is 6.92 Å². The fourth-order valence-electron chi connectivity index (χ4n) is 1.25. The minimum Gasteiger partial charge on any atom is -0.481 e. The van der Waals surface area contributed by atoms with Crippen molar-refractivity contribution in [3.63, 3.8) is 0 Å². The van der Waals surface area contributed by atoms with Gasteiger partial charge in [0, 0.05) is 4.47 Å². The molecule has 1 rings (SSSR count). The summed E-state index contributed by atoms with van der Waals surface area (Å²) in [6.45, 7) is 3.27. The van der Waals surface area contributed by atoms with Crippen molar-refractivity contribution >= 4 is 27.7 Å². The third kappa shape index (κ3) is 4.19. The highest BCUT2D eigenvalue weighted by atomic mass is 79.9. The zero-order chi connectivity index (χ0) is 12.8. The Labute approximate surface area is 108 Å². The molecule has 0 aliphatic rings.